The highest BCUT2D eigenvalue weighted by Gasteiger charge is 2.46. The second-order valence-corrected chi connectivity index (χ2v) is 8.58. The number of morpholine rings is 1. The Labute approximate surface area is 159 Å². The number of hydrogen-bond donors (Lipinski definition) is 0. The third-order valence-corrected chi connectivity index (χ3v) is 7.14. The first-order chi connectivity index (χ1) is 12.9. The fourth-order valence-corrected chi connectivity index (χ4v) is 4.94. The van der Waals surface area contributed by atoms with Gasteiger partial charge in [-0.3, -0.25) is 4.79 Å². The minimum Gasteiger partial charge on any atom is -0.378 e. The zero-order valence-electron chi connectivity index (χ0n) is 15.3. The quantitative estimate of drug-likeness (QED) is 0.742. The summed E-state index contributed by atoms with van der Waals surface area (Å²) in [5, 5.41) is 8.86. The van der Waals surface area contributed by atoms with Crippen molar-refractivity contribution in [3.8, 4) is 6.07 Å². The Morgan fingerprint density at radius 3 is 2.26 bits per heavy atom. The lowest BCUT2D eigenvalue weighted by atomic mass is 9.90. The Morgan fingerprint density at radius 2 is 1.74 bits per heavy atom. The molecule has 2 saturated heterocycles. The number of amides is 1. The van der Waals surface area contributed by atoms with Crippen LogP contribution in [0.25, 0.3) is 0 Å². The van der Waals surface area contributed by atoms with Gasteiger partial charge in [0, 0.05) is 33.3 Å². The standard InChI is InChI=1S/C18H23N3O5S/c1-25-18(17(22)20-10-12-26-13-11-20)6-8-21(9-7-18)27(23,24)16-4-2-15(14-19)3-5-16/h2-5H,6-13H2,1H3. The van der Waals surface area contributed by atoms with Crippen molar-refractivity contribution in [3.63, 3.8) is 0 Å². The number of piperidine rings is 1. The molecule has 2 aliphatic heterocycles. The Hall–Kier alpha value is -1.99. The van der Waals surface area contributed by atoms with E-state index in [-0.39, 0.29) is 23.9 Å². The summed E-state index contributed by atoms with van der Waals surface area (Å²) >= 11 is 0. The number of nitriles is 1. The van der Waals surface area contributed by atoms with Crippen LogP contribution in [0.1, 0.15) is 18.4 Å². The van der Waals surface area contributed by atoms with Crippen LogP contribution in [-0.4, -0.2) is 75.6 Å². The van der Waals surface area contributed by atoms with Gasteiger partial charge in [-0.1, -0.05) is 0 Å². The predicted molar refractivity (Wildman–Crippen MR) is 96.3 cm³/mol. The fraction of sp³-hybridized carbons (Fsp3) is 0.556. The average Bonchev–Trinajstić information content (AvgIpc) is 2.74. The summed E-state index contributed by atoms with van der Waals surface area (Å²) in [6, 6.07) is 7.81. The topological polar surface area (TPSA) is 99.9 Å². The molecule has 27 heavy (non-hydrogen) atoms. The van der Waals surface area contributed by atoms with E-state index in [1.807, 2.05) is 6.07 Å². The van der Waals surface area contributed by atoms with Crippen molar-refractivity contribution in [2.75, 3.05) is 46.5 Å². The smallest absolute Gasteiger partial charge is 0.255 e. The molecule has 2 aliphatic rings. The van der Waals surface area contributed by atoms with Crippen LogP contribution in [0.2, 0.25) is 0 Å². The molecular formula is C18H23N3O5S. The van der Waals surface area contributed by atoms with Crippen molar-refractivity contribution in [2.24, 2.45) is 0 Å². The first-order valence-electron chi connectivity index (χ1n) is 8.85. The highest BCUT2D eigenvalue weighted by molar-refractivity contribution is 7.89. The predicted octanol–water partition coefficient (Wildman–Crippen LogP) is 0.587. The molecule has 9 heteroatoms. The molecule has 1 aromatic rings. The number of benzene rings is 1. The Morgan fingerprint density at radius 1 is 1.15 bits per heavy atom. The van der Waals surface area contributed by atoms with Gasteiger partial charge >= 0.3 is 0 Å². The first kappa shape index (κ1) is 19.8. The number of rotatable bonds is 4. The third-order valence-electron chi connectivity index (χ3n) is 5.23. The molecule has 1 amide bonds. The van der Waals surface area contributed by atoms with Gasteiger partial charge in [-0.15, -0.1) is 0 Å². The Balaban J connectivity index is 1.72. The molecule has 2 heterocycles. The summed E-state index contributed by atoms with van der Waals surface area (Å²) in [5.74, 6) is -0.0938. The van der Waals surface area contributed by atoms with Crippen molar-refractivity contribution in [2.45, 2.75) is 23.3 Å². The molecule has 0 aliphatic carbocycles. The van der Waals surface area contributed by atoms with Crippen LogP contribution < -0.4 is 0 Å². The summed E-state index contributed by atoms with van der Waals surface area (Å²) in [6.07, 6.45) is 0.602. The molecule has 0 atom stereocenters. The minimum absolute atomic E-state index is 0.0938. The average molecular weight is 393 g/mol. The van der Waals surface area contributed by atoms with Crippen LogP contribution in [0.15, 0.2) is 29.2 Å². The maximum Gasteiger partial charge on any atom is 0.255 e. The lowest BCUT2D eigenvalue weighted by Gasteiger charge is -2.42. The van der Waals surface area contributed by atoms with E-state index in [1.165, 1.54) is 35.7 Å². The van der Waals surface area contributed by atoms with Crippen molar-refractivity contribution >= 4 is 15.9 Å². The zero-order valence-corrected chi connectivity index (χ0v) is 16.1. The van der Waals surface area contributed by atoms with Gasteiger partial charge in [-0.25, -0.2) is 8.42 Å². The summed E-state index contributed by atoms with van der Waals surface area (Å²) in [5.41, 5.74) is -0.587. The van der Waals surface area contributed by atoms with Gasteiger partial charge in [0.1, 0.15) is 5.60 Å². The molecule has 0 spiro atoms. The molecule has 0 radical (unpaired) electrons. The molecule has 0 bridgehead atoms. The molecule has 0 aromatic heterocycles. The maximum absolute atomic E-state index is 12.9. The van der Waals surface area contributed by atoms with Crippen LogP contribution in [-0.2, 0) is 24.3 Å². The van der Waals surface area contributed by atoms with Gasteiger partial charge in [-0.2, -0.15) is 9.57 Å². The van der Waals surface area contributed by atoms with Crippen molar-refractivity contribution in [3.05, 3.63) is 29.8 Å². The van der Waals surface area contributed by atoms with Gasteiger partial charge in [0.15, 0.2) is 0 Å². The van der Waals surface area contributed by atoms with E-state index in [1.54, 1.807) is 4.90 Å². The van der Waals surface area contributed by atoms with Gasteiger partial charge in [0.05, 0.1) is 29.7 Å². The van der Waals surface area contributed by atoms with Gasteiger partial charge in [0.2, 0.25) is 10.0 Å². The number of methoxy groups -OCH3 is 1. The van der Waals surface area contributed by atoms with E-state index < -0.39 is 15.6 Å². The molecular weight excluding hydrogens is 370 g/mol. The number of carbonyl (C=O) groups is 1. The third kappa shape index (κ3) is 3.84. The van der Waals surface area contributed by atoms with Gasteiger partial charge in [0.25, 0.3) is 5.91 Å². The molecule has 1 aromatic carbocycles. The second kappa shape index (κ2) is 7.94. The molecule has 8 nitrogen and oxygen atoms in total. The van der Waals surface area contributed by atoms with Crippen molar-refractivity contribution < 1.29 is 22.7 Å². The zero-order chi connectivity index (χ0) is 19.5. The number of carbonyl (C=O) groups excluding carboxylic acids is 1. The summed E-state index contributed by atoms with van der Waals surface area (Å²) in [7, 11) is -2.17. The summed E-state index contributed by atoms with van der Waals surface area (Å²) < 4.78 is 38.0. The minimum atomic E-state index is -3.67. The maximum atomic E-state index is 12.9. The highest BCUT2D eigenvalue weighted by Crippen LogP contribution is 2.31. The molecule has 2 fully saturated rings. The van der Waals surface area contributed by atoms with E-state index in [0.717, 1.165) is 0 Å². The molecule has 0 unspecified atom stereocenters. The molecule has 0 saturated carbocycles. The number of nitrogens with zero attached hydrogens (tertiary/aromatic N) is 3. The van der Waals surface area contributed by atoms with E-state index in [0.29, 0.717) is 44.7 Å². The lowest BCUT2D eigenvalue weighted by Crippen LogP contribution is -2.58. The van der Waals surface area contributed by atoms with Crippen LogP contribution in [0.4, 0.5) is 0 Å². The summed E-state index contributed by atoms with van der Waals surface area (Å²) in [4.78, 5) is 14.8. The van der Waals surface area contributed by atoms with E-state index in [9.17, 15) is 13.2 Å². The van der Waals surface area contributed by atoms with Crippen molar-refractivity contribution in [1.29, 1.82) is 5.26 Å². The molecule has 146 valence electrons. The van der Waals surface area contributed by atoms with Crippen molar-refractivity contribution in [1.82, 2.24) is 9.21 Å². The number of ether oxygens (including phenoxy) is 2. The van der Waals surface area contributed by atoms with Gasteiger partial charge < -0.3 is 14.4 Å². The van der Waals surface area contributed by atoms with E-state index >= 15 is 0 Å². The Kier molecular flexibility index (Phi) is 5.81. The van der Waals surface area contributed by atoms with Crippen LogP contribution >= 0.6 is 0 Å². The van der Waals surface area contributed by atoms with E-state index in [4.69, 9.17) is 14.7 Å². The second-order valence-electron chi connectivity index (χ2n) is 6.64. The first-order valence-corrected chi connectivity index (χ1v) is 10.3. The van der Waals surface area contributed by atoms with Crippen LogP contribution in [0.5, 0.6) is 0 Å². The molecule has 0 N–H and O–H groups in total. The lowest BCUT2D eigenvalue weighted by molar-refractivity contribution is -0.163. The normalized spacial score (nSPS) is 20.8. The summed E-state index contributed by atoms with van der Waals surface area (Å²) in [6.45, 7) is 2.46. The molecule has 3 rings (SSSR count). The van der Waals surface area contributed by atoms with E-state index in [2.05, 4.69) is 0 Å². The Bertz CT molecular complexity index is 818. The van der Waals surface area contributed by atoms with Crippen LogP contribution in [0, 0.1) is 11.3 Å². The number of hydrogen-bond acceptors (Lipinski definition) is 6. The SMILES string of the molecule is COC1(C(=O)N2CCOCC2)CCN(S(=O)(=O)c2ccc(C#N)cc2)CC1. The highest BCUT2D eigenvalue weighted by atomic mass is 32.2. The monoisotopic (exact) mass is 393 g/mol. The van der Waals surface area contributed by atoms with Gasteiger partial charge in [-0.05, 0) is 37.1 Å². The largest absolute Gasteiger partial charge is 0.378 e. The number of sulfonamides is 1. The van der Waals surface area contributed by atoms with Crippen LogP contribution in [0.3, 0.4) is 0 Å². The fourth-order valence-electron chi connectivity index (χ4n) is 3.50.